The number of anilines is 1. The van der Waals surface area contributed by atoms with E-state index in [-0.39, 0.29) is 11.4 Å². The Morgan fingerprint density at radius 3 is 2.72 bits per heavy atom. The Bertz CT molecular complexity index is 1260. The molecule has 1 atom stereocenters. The van der Waals surface area contributed by atoms with Gasteiger partial charge in [0.1, 0.15) is 0 Å². The van der Waals surface area contributed by atoms with Gasteiger partial charge in [0.15, 0.2) is 5.54 Å². The van der Waals surface area contributed by atoms with Crippen molar-refractivity contribution in [1.29, 1.82) is 0 Å². The number of aryl methyl sites for hydroxylation is 1. The summed E-state index contributed by atoms with van der Waals surface area (Å²) < 4.78 is 0. The van der Waals surface area contributed by atoms with Gasteiger partial charge in [-0.1, -0.05) is 35.9 Å². The summed E-state index contributed by atoms with van der Waals surface area (Å²) >= 11 is 0. The summed E-state index contributed by atoms with van der Waals surface area (Å²) in [7, 11) is 0. The quantitative estimate of drug-likeness (QED) is 0.604. The van der Waals surface area contributed by atoms with Crippen LogP contribution in [-0.4, -0.2) is 23.0 Å². The minimum atomic E-state index is -0.849. The molecule has 1 spiro atoms. The van der Waals surface area contributed by atoms with Crippen LogP contribution < -0.4 is 10.2 Å². The molecule has 146 valence electrons. The van der Waals surface area contributed by atoms with Gasteiger partial charge in [0.2, 0.25) is 0 Å². The summed E-state index contributed by atoms with van der Waals surface area (Å²) in [4.78, 5) is 19.9. The first-order valence-electron chi connectivity index (χ1n) is 10.4. The van der Waals surface area contributed by atoms with Crippen molar-refractivity contribution in [3.05, 3.63) is 70.4 Å². The second-order valence-electron chi connectivity index (χ2n) is 9.28. The average Bonchev–Trinajstić information content (AvgIpc) is 3.17. The molecule has 0 bridgehead atoms. The molecule has 0 aliphatic carbocycles. The fraction of sp³-hybridized carbons (Fsp3) is 0.320. The third kappa shape index (κ3) is 1.90. The van der Waals surface area contributed by atoms with E-state index in [9.17, 15) is 4.79 Å². The lowest BCUT2D eigenvalue weighted by Gasteiger charge is -2.40. The van der Waals surface area contributed by atoms with Crippen LogP contribution in [0.5, 0.6) is 0 Å². The van der Waals surface area contributed by atoms with Crippen LogP contribution in [0.4, 0.5) is 5.69 Å². The lowest BCUT2D eigenvalue weighted by Crippen LogP contribution is -2.58. The highest BCUT2D eigenvalue weighted by Gasteiger charge is 2.59. The summed E-state index contributed by atoms with van der Waals surface area (Å²) in [5.74, 6) is 0.126. The largest absolute Gasteiger partial charge is 0.356 e. The maximum atomic E-state index is 14.2. The van der Waals surface area contributed by atoms with Crippen molar-refractivity contribution in [2.75, 3.05) is 11.4 Å². The molecule has 4 nitrogen and oxygen atoms in total. The molecule has 3 aliphatic heterocycles. The van der Waals surface area contributed by atoms with Crippen LogP contribution in [0.15, 0.2) is 42.5 Å². The molecule has 29 heavy (non-hydrogen) atoms. The molecule has 0 radical (unpaired) electrons. The number of benzene rings is 2. The Kier molecular flexibility index (Phi) is 3.05. The first-order valence-corrected chi connectivity index (χ1v) is 10.4. The predicted molar refractivity (Wildman–Crippen MR) is 117 cm³/mol. The number of carbonyl (C=O) groups excluding carboxylic acids is 1. The summed E-state index contributed by atoms with van der Waals surface area (Å²) in [5, 5.41) is 4.90. The number of rotatable bonds is 0. The SMILES string of the molecule is CC1=CC(C)(C)N2C(=O)[C@@]3(NCCc4c3[nH]c3ccccc43)c3cc(C)cc1c32. The molecule has 0 fully saturated rings. The van der Waals surface area contributed by atoms with Crippen LogP contribution >= 0.6 is 0 Å². The van der Waals surface area contributed by atoms with Gasteiger partial charge in [-0.25, -0.2) is 0 Å². The molecule has 0 saturated carbocycles. The Morgan fingerprint density at radius 2 is 1.90 bits per heavy atom. The van der Waals surface area contributed by atoms with E-state index in [2.05, 4.69) is 74.4 Å². The lowest BCUT2D eigenvalue weighted by molar-refractivity contribution is -0.123. The molecule has 2 N–H and O–H groups in total. The molecule has 4 heterocycles. The highest BCUT2D eigenvalue weighted by Crippen LogP contribution is 2.54. The molecule has 0 unspecified atom stereocenters. The minimum absolute atomic E-state index is 0.126. The van der Waals surface area contributed by atoms with Crippen LogP contribution in [0.2, 0.25) is 0 Å². The molecule has 3 aliphatic rings. The van der Waals surface area contributed by atoms with E-state index in [1.54, 1.807) is 0 Å². The van der Waals surface area contributed by atoms with Gasteiger partial charge in [-0.3, -0.25) is 10.1 Å². The average molecular weight is 383 g/mol. The number of hydrogen-bond acceptors (Lipinski definition) is 2. The number of aromatic amines is 1. The smallest absolute Gasteiger partial charge is 0.258 e. The molecular weight excluding hydrogens is 358 g/mol. The zero-order chi connectivity index (χ0) is 20.1. The van der Waals surface area contributed by atoms with Crippen LogP contribution in [0.25, 0.3) is 16.5 Å². The van der Waals surface area contributed by atoms with Crippen molar-refractivity contribution < 1.29 is 4.79 Å². The van der Waals surface area contributed by atoms with Crippen LogP contribution in [-0.2, 0) is 16.8 Å². The Hall–Kier alpha value is -2.85. The van der Waals surface area contributed by atoms with E-state index < -0.39 is 5.54 Å². The summed E-state index contributed by atoms with van der Waals surface area (Å²) in [6.07, 6.45) is 3.15. The third-order valence-electron chi connectivity index (χ3n) is 6.93. The van der Waals surface area contributed by atoms with Gasteiger partial charge in [-0.2, -0.15) is 0 Å². The van der Waals surface area contributed by atoms with E-state index in [0.717, 1.165) is 35.4 Å². The number of fused-ring (bicyclic) bond motifs is 5. The molecule has 2 aromatic carbocycles. The topological polar surface area (TPSA) is 48.1 Å². The first-order chi connectivity index (χ1) is 13.8. The predicted octanol–water partition coefficient (Wildman–Crippen LogP) is 4.41. The Morgan fingerprint density at radius 1 is 1.10 bits per heavy atom. The van der Waals surface area contributed by atoms with Crippen molar-refractivity contribution in [1.82, 2.24) is 10.3 Å². The summed E-state index contributed by atoms with van der Waals surface area (Å²) in [5.41, 5.74) is 7.94. The van der Waals surface area contributed by atoms with Gasteiger partial charge in [0.05, 0.1) is 16.9 Å². The zero-order valence-corrected chi connectivity index (χ0v) is 17.3. The van der Waals surface area contributed by atoms with Crippen LogP contribution in [0.3, 0.4) is 0 Å². The molecule has 6 rings (SSSR count). The van der Waals surface area contributed by atoms with Crippen molar-refractivity contribution in [3.63, 3.8) is 0 Å². The number of amides is 1. The van der Waals surface area contributed by atoms with Gasteiger partial charge in [0.25, 0.3) is 5.91 Å². The molecule has 3 aromatic rings. The number of H-pyrrole nitrogens is 1. The fourth-order valence-corrected chi connectivity index (χ4v) is 5.87. The van der Waals surface area contributed by atoms with E-state index >= 15 is 0 Å². The highest BCUT2D eigenvalue weighted by molar-refractivity contribution is 6.15. The fourth-order valence-electron chi connectivity index (χ4n) is 5.87. The normalized spacial score (nSPS) is 24.1. The standard InChI is InChI=1S/C25H25N3O/c1-14-11-18-15(2)13-24(3,4)28-21(18)19(12-14)25(23(28)29)22-17(9-10-26-25)16-7-5-6-8-20(16)27-22/h5-8,11-13,26-27H,9-10H2,1-4H3/t25-/m1/s1. The number of allylic oxidation sites excluding steroid dienone is 1. The van der Waals surface area contributed by atoms with E-state index in [4.69, 9.17) is 0 Å². The van der Waals surface area contributed by atoms with Crippen molar-refractivity contribution in [2.45, 2.75) is 45.2 Å². The van der Waals surface area contributed by atoms with Gasteiger partial charge >= 0.3 is 0 Å². The number of aromatic nitrogens is 1. The third-order valence-corrected chi connectivity index (χ3v) is 6.93. The highest BCUT2D eigenvalue weighted by atomic mass is 16.2. The molecule has 0 saturated heterocycles. The lowest BCUT2D eigenvalue weighted by atomic mass is 9.80. The van der Waals surface area contributed by atoms with E-state index in [0.29, 0.717) is 0 Å². The summed E-state index contributed by atoms with van der Waals surface area (Å²) in [6, 6.07) is 12.8. The maximum Gasteiger partial charge on any atom is 0.258 e. The first kappa shape index (κ1) is 17.0. The molecule has 1 aromatic heterocycles. The van der Waals surface area contributed by atoms with Crippen molar-refractivity contribution in [3.8, 4) is 0 Å². The Balaban J connectivity index is 1.74. The summed E-state index contributed by atoms with van der Waals surface area (Å²) in [6.45, 7) is 9.33. The number of hydrogen-bond donors (Lipinski definition) is 2. The Labute approximate surface area is 170 Å². The second-order valence-corrected chi connectivity index (χ2v) is 9.28. The molecular formula is C25H25N3O. The van der Waals surface area contributed by atoms with Crippen molar-refractivity contribution >= 4 is 28.1 Å². The van der Waals surface area contributed by atoms with Crippen LogP contribution in [0.1, 0.15) is 48.7 Å². The maximum absolute atomic E-state index is 14.2. The molecule has 1 amide bonds. The van der Waals surface area contributed by atoms with Gasteiger partial charge in [-0.05, 0) is 57.4 Å². The monoisotopic (exact) mass is 383 g/mol. The van der Waals surface area contributed by atoms with Gasteiger partial charge in [-0.15, -0.1) is 0 Å². The number of nitrogens with one attached hydrogen (secondary N) is 2. The van der Waals surface area contributed by atoms with E-state index in [1.807, 2.05) is 11.0 Å². The van der Waals surface area contributed by atoms with Gasteiger partial charge in [0, 0.05) is 28.6 Å². The number of para-hydroxylation sites is 1. The minimum Gasteiger partial charge on any atom is -0.356 e. The van der Waals surface area contributed by atoms with Gasteiger partial charge < -0.3 is 9.88 Å². The second kappa shape index (κ2) is 5.19. The van der Waals surface area contributed by atoms with E-state index in [1.165, 1.54) is 27.6 Å². The molecule has 4 heteroatoms. The van der Waals surface area contributed by atoms with Crippen molar-refractivity contribution in [2.24, 2.45) is 0 Å². The van der Waals surface area contributed by atoms with Crippen LogP contribution in [0, 0.1) is 6.92 Å². The number of nitrogens with zero attached hydrogens (tertiary/aromatic N) is 1. The number of carbonyl (C=O) groups is 1. The zero-order valence-electron chi connectivity index (χ0n) is 17.3.